The van der Waals surface area contributed by atoms with Crippen LogP contribution in [0.15, 0.2) is 35.5 Å². The maximum Gasteiger partial charge on any atom is 0.210 e. The number of nitrogens with two attached hydrogens (primary N) is 1. The fraction of sp³-hybridized carbons (Fsp3) is 0.300. The number of halogens is 1. The lowest BCUT2D eigenvalue weighted by Gasteiger charge is -2.12. The second kappa shape index (κ2) is 8.93. The van der Waals surface area contributed by atoms with Crippen LogP contribution in [0.5, 0.6) is 23.0 Å². The molecule has 0 saturated carbocycles. The normalized spacial score (nSPS) is 13.0. The molecule has 8 nitrogen and oxygen atoms in total. The molecule has 0 unspecified atom stereocenters. The van der Waals surface area contributed by atoms with Crippen LogP contribution in [-0.2, 0) is 5.75 Å². The predicted molar refractivity (Wildman–Crippen MR) is 115 cm³/mol. The highest BCUT2D eigenvalue weighted by atomic mass is 35.5. The van der Waals surface area contributed by atoms with Gasteiger partial charge in [0.2, 0.25) is 5.16 Å². The number of nitrogens with zero attached hydrogens (tertiary/aromatic N) is 3. The van der Waals surface area contributed by atoms with E-state index in [4.69, 9.17) is 36.4 Å². The lowest BCUT2D eigenvalue weighted by molar-refractivity contribution is 0.297. The quantitative estimate of drug-likeness (QED) is 0.449. The molecule has 0 atom stereocenters. The first-order valence-corrected chi connectivity index (χ1v) is 10.6. The minimum absolute atomic E-state index is 0.494. The van der Waals surface area contributed by atoms with Crippen molar-refractivity contribution in [3.8, 4) is 34.4 Å². The maximum absolute atomic E-state index is 6.38. The number of fused-ring (bicyclic) bond motifs is 1. The minimum atomic E-state index is 0.494. The number of methoxy groups -OCH3 is 2. The number of nitrogen functional groups attached to an aromatic ring is 1. The summed E-state index contributed by atoms with van der Waals surface area (Å²) in [6, 6.07) is 9.23. The fourth-order valence-corrected chi connectivity index (χ4v) is 4.13. The van der Waals surface area contributed by atoms with Crippen LogP contribution in [0.1, 0.15) is 12.0 Å². The maximum atomic E-state index is 6.38. The van der Waals surface area contributed by atoms with Gasteiger partial charge in [-0.15, -0.1) is 10.2 Å². The van der Waals surface area contributed by atoms with Gasteiger partial charge in [0.05, 0.1) is 38.0 Å². The molecule has 2 N–H and O–H groups in total. The number of thioether (sulfide) groups is 1. The molecule has 30 heavy (non-hydrogen) atoms. The summed E-state index contributed by atoms with van der Waals surface area (Å²) in [4.78, 5) is 0. The van der Waals surface area contributed by atoms with Gasteiger partial charge in [0.25, 0.3) is 0 Å². The Bertz CT molecular complexity index is 1060. The third-order valence-corrected chi connectivity index (χ3v) is 5.84. The molecule has 1 aromatic heterocycles. The van der Waals surface area contributed by atoms with E-state index < -0.39 is 0 Å². The average molecular weight is 449 g/mol. The Hall–Kier alpha value is -2.78. The van der Waals surface area contributed by atoms with E-state index in [1.807, 2.05) is 24.3 Å². The highest BCUT2D eigenvalue weighted by Crippen LogP contribution is 2.39. The van der Waals surface area contributed by atoms with Gasteiger partial charge < -0.3 is 24.8 Å². The van der Waals surface area contributed by atoms with E-state index in [2.05, 4.69) is 10.2 Å². The van der Waals surface area contributed by atoms with Crippen LogP contribution in [0.3, 0.4) is 0 Å². The molecule has 2 heterocycles. The molecule has 0 amide bonds. The third kappa shape index (κ3) is 4.08. The fourth-order valence-electron chi connectivity index (χ4n) is 3.06. The first kappa shape index (κ1) is 20.5. The van der Waals surface area contributed by atoms with Crippen molar-refractivity contribution < 1.29 is 18.9 Å². The molecule has 10 heteroatoms. The van der Waals surface area contributed by atoms with Crippen molar-refractivity contribution in [1.82, 2.24) is 14.9 Å². The second-order valence-corrected chi connectivity index (χ2v) is 7.84. The smallest absolute Gasteiger partial charge is 0.210 e. The van der Waals surface area contributed by atoms with E-state index in [9.17, 15) is 0 Å². The molecule has 0 bridgehead atoms. The number of rotatable bonds is 6. The zero-order valence-electron chi connectivity index (χ0n) is 16.6. The van der Waals surface area contributed by atoms with Crippen molar-refractivity contribution in [3.05, 3.63) is 40.9 Å². The molecule has 3 aromatic rings. The second-order valence-electron chi connectivity index (χ2n) is 6.49. The largest absolute Gasteiger partial charge is 0.497 e. The van der Waals surface area contributed by atoms with Gasteiger partial charge in [0.15, 0.2) is 17.3 Å². The monoisotopic (exact) mass is 448 g/mol. The molecule has 0 radical (unpaired) electrons. The Balaban J connectivity index is 1.55. The first-order chi connectivity index (χ1) is 14.6. The van der Waals surface area contributed by atoms with Gasteiger partial charge in [-0.1, -0.05) is 23.4 Å². The number of hydrogen-bond donors (Lipinski definition) is 1. The molecule has 0 aliphatic carbocycles. The molecule has 0 saturated heterocycles. The average Bonchev–Trinajstić information content (AvgIpc) is 2.96. The van der Waals surface area contributed by atoms with Crippen LogP contribution in [0.25, 0.3) is 11.4 Å². The van der Waals surface area contributed by atoms with Crippen LogP contribution >= 0.6 is 23.4 Å². The summed E-state index contributed by atoms with van der Waals surface area (Å²) in [6.45, 7) is 1.19. The molecule has 4 rings (SSSR count). The highest BCUT2D eigenvalue weighted by Gasteiger charge is 2.19. The molecular formula is C20H21ClN4O4S. The standard InChI is InChI=1S/C20H21ClN4O4S/c1-26-13-4-5-14(16(10-13)27-2)19-23-24-20(25(19)22)30-11-12-8-15(21)18-17(9-12)28-6-3-7-29-18/h4-5,8-10H,3,6-7,11,22H2,1-2H3. The van der Waals surface area contributed by atoms with E-state index in [-0.39, 0.29) is 0 Å². The van der Waals surface area contributed by atoms with Crippen LogP contribution in [0.2, 0.25) is 5.02 Å². The van der Waals surface area contributed by atoms with E-state index >= 15 is 0 Å². The van der Waals surface area contributed by atoms with Gasteiger partial charge in [-0.2, -0.15) is 0 Å². The summed E-state index contributed by atoms with van der Waals surface area (Å²) < 4.78 is 23.6. The van der Waals surface area contributed by atoms with Gasteiger partial charge >= 0.3 is 0 Å². The Kier molecular flexibility index (Phi) is 6.10. The third-order valence-electron chi connectivity index (χ3n) is 4.54. The van der Waals surface area contributed by atoms with Gasteiger partial charge in [0, 0.05) is 18.2 Å². The van der Waals surface area contributed by atoms with E-state index in [0.717, 1.165) is 17.5 Å². The van der Waals surface area contributed by atoms with Gasteiger partial charge in [-0.3, -0.25) is 0 Å². The summed E-state index contributed by atoms with van der Waals surface area (Å²) in [7, 11) is 3.18. The Morgan fingerprint density at radius 3 is 2.77 bits per heavy atom. The minimum Gasteiger partial charge on any atom is -0.497 e. The van der Waals surface area contributed by atoms with Crippen molar-refractivity contribution >= 4 is 23.4 Å². The topological polar surface area (TPSA) is 93.7 Å². The molecule has 2 aromatic carbocycles. The van der Waals surface area contributed by atoms with E-state index in [0.29, 0.717) is 58.0 Å². The summed E-state index contributed by atoms with van der Waals surface area (Å²) in [6.07, 6.45) is 0.822. The van der Waals surface area contributed by atoms with E-state index in [1.165, 1.54) is 16.4 Å². The van der Waals surface area contributed by atoms with Crippen molar-refractivity contribution in [2.75, 3.05) is 33.3 Å². The van der Waals surface area contributed by atoms with E-state index in [1.54, 1.807) is 20.3 Å². The Morgan fingerprint density at radius 1 is 1.13 bits per heavy atom. The SMILES string of the molecule is COc1ccc(-c2nnc(SCc3cc(Cl)c4c(c3)OCCCO4)n2N)c(OC)c1. The van der Waals surface area contributed by atoms with Crippen LogP contribution in [-0.4, -0.2) is 42.3 Å². The molecule has 0 spiro atoms. The summed E-state index contributed by atoms with van der Waals surface area (Å²) >= 11 is 7.82. The Morgan fingerprint density at radius 2 is 1.97 bits per heavy atom. The number of benzene rings is 2. The van der Waals surface area contributed by atoms with Crippen molar-refractivity contribution in [2.24, 2.45) is 0 Å². The summed E-state index contributed by atoms with van der Waals surface area (Å²) in [5.74, 6) is 9.89. The van der Waals surface area contributed by atoms with Crippen LogP contribution in [0.4, 0.5) is 0 Å². The van der Waals surface area contributed by atoms with Crippen LogP contribution < -0.4 is 24.8 Å². The number of hydrogen-bond acceptors (Lipinski definition) is 8. The van der Waals surface area contributed by atoms with Crippen molar-refractivity contribution in [2.45, 2.75) is 17.3 Å². The summed E-state index contributed by atoms with van der Waals surface area (Å²) in [5.41, 5.74) is 1.69. The molecule has 1 aliphatic rings. The van der Waals surface area contributed by atoms with Crippen molar-refractivity contribution in [3.63, 3.8) is 0 Å². The summed E-state index contributed by atoms with van der Waals surface area (Å²) in [5, 5.41) is 9.56. The highest BCUT2D eigenvalue weighted by molar-refractivity contribution is 7.98. The van der Waals surface area contributed by atoms with Gasteiger partial charge in [-0.25, -0.2) is 4.68 Å². The Labute approximate surface area is 183 Å². The lowest BCUT2D eigenvalue weighted by Crippen LogP contribution is -2.12. The molecular weight excluding hydrogens is 428 g/mol. The predicted octanol–water partition coefficient (Wildman–Crippen LogP) is 3.78. The zero-order chi connectivity index (χ0) is 21.1. The van der Waals surface area contributed by atoms with Crippen LogP contribution in [0, 0.1) is 0 Å². The van der Waals surface area contributed by atoms with Gasteiger partial charge in [0.1, 0.15) is 11.5 Å². The lowest BCUT2D eigenvalue weighted by atomic mass is 10.2. The zero-order valence-corrected chi connectivity index (χ0v) is 18.1. The van der Waals surface area contributed by atoms with Gasteiger partial charge in [-0.05, 0) is 29.8 Å². The first-order valence-electron chi connectivity index (χ1n) is 9.24. The molecule has 158 valence electrons. The molecule has 1 aliphatic heterocycles. The molecule has 0 fully saturated rings. The number of aromatic nitrogens is 3. The van der Waals surface area contributed by atoms with Crippen molar-refractivity contribution in [1.29, 1.82) is 0 Å². The number of ether oxygens (including phenoxy) is 4.